The maximum atomic E-state index is 13.0. The van der Waals surface area contributed by atoms with Gasteiger partial charge in [0.1, 0.15) is 16.6 Å². The van der Waals surface area contributed by atoms with Gasteiger partial charge in [-0.25, -0.2) is 9.97 Å². The molecule has 0 aliphatic carbocycles. The predicted molar refractivity (Wildman–Crippen MR) is 123 cm³/mol. The zero-order valence-corrected chi connectivity index (χ0v) is 18.7. The van der Waals surface area contributed by atoms with Gasteiger partial charge in [-0.15, -0.1) is 0 Å². The van der Waals surface area contributed by atoms with E-state index in [-0.39, 0.29) is 11.0 Å². The second-order valence-electron chi connectivity index (χ2n) is 7.43. The molecule has 0 saturated carbocycles. The molecule has 31 heavy (non-hydrogen) atoms. The molecule has 1 saturated heterocycles. The van der Waals surface area contributed by atoms with E-state index in [0.717, 1.165) is 53.8 Å². The van der Waals surface area contributed by atoms with Crippen molar-refractivity contribution in [1.82, 2.24) is 14.9 Å². The SMILES string of the molecule is CCOc1ccc(C(=O)C(C)Sc2nc(CN3CCOCC3)nc3ccccc23)cc1. The number of benzene rings is 2. The zero-order chi connectivity index (χ0) is 21.6. The molecular formula is C24H27N3O3S. The van der Waals surface area contributed by atoms with Crippen LogP contribution in [0.3, 0.4) is 0 Å². The van der Waals surface area contributed by atoms with Crippen LogP contribution < -0.4 is 4.74 Å². The van der Waals surface area contributed by atoms with Crippen molar-refractivity contribution in [1.29, 1.82) is 0 Å². The fraction of sp³-hybridized carbons (Fsp3) is 0.375. The summed E-state index contributed by atoms with van der Waals surface area (Å²) in [5, 5.41) is 1.55. The van der Waals surface area contributed by atoms with E-state index < -0.39 is 0 Å². The highest BCUT2D eigenvalue weighted by Crippen LogP contribution is 2.30. The number of thioether (sulfide) groups is 1. The molecule has 1 aliphatic rings. The van der Waals surface area contributed by atoms with E-state index in [2.05, 4.69) is 4.90 Å². The van der Waals surface area contributed by atoms with Crippen LogP contribution >= 0.6 is 11.8 Å². The quantitative estimate of drug-likeness (QED) is 0.297. The number of rotatable bonds is 8. The number of Topliss-reactive ketones (excluding diaryl/α,β-unsaturated/α-hetero) is 1. The Labute approximate surface area is 187 Å². The molecule has 0 spiro atoms. The number of hydrogen-bond donors (Lipinski definition) is 0. The first-order valence-corrected chi connectivity index (χ1v) is 11.5. The highest BCUT2D eigenvalue weighted by molar-refractivity contribution is 8.00. The summed E-state index contributed by atoms with van der Waals surface area (Å²) >= 11 is 1.49. The van der Waals surface area contributed by atoms with Crippen LogP contribution in [0.5, 0.6) is 5.75 Å². The molecule has 7 heteroatoms. The van der Waals surface area contributed by atoms with Gasteiger partial charge < -0.3 is 9.47 Å². The number of ketones is 1. The van der Waals surface area contributed by atoms with E-state index in [1.165, 1.54) is 11.8 Å². The fourth-order valence-corrected chi connectivity index (χ4v) is 4.59. The highest BCUT2D eigenvalue weighted by atomic mass is 32.2. The van der Waals surface area contributed by atoms with Crippen molar-refractivity contribution in [3.63, 3.8) is 0 Å². The summed E-state index contributed by atoms with van der Waals surface area (Å²) < 4.78 is 10.9. The van der Waals surface area contributed by atoms with Crippen LogP contribution in [0, 0.1) is 0 Å². The van der Waals surface area contributed by atoms with Crippen LogP contribution in [0.25, 0.3) is 10.9 Å². The Morgan fingerprint density at radius 1 is 1.13 bits per heavy atom. The Morgan fingerprint density at radius 3 is 2.61 bits per heavy atom. The number of carbonyl (C=O) groups excluding carboxylic acids is 1. The maximum absolute atomic E-state index is 13.0. The Balaban J connectivity index is 1.55. The number of ether oxygens (including phenoxy) is 2. The number of fused-ring (bicyclic) bond motifs is 1. The topological polar surface area (TPSA) is 64.5 Å². The molecule has 6 nitrogen and oxygen atoms in total. The van der Waals surface area contributed by atoms with Gasteiger partial charge in [0, 0.05) is 24.0 Å². The summed E-state index contributed by atoms with van der Waals surface area (Å²) in [4.78, 5) is 24.9. The van der Waals surface area contributed by atoms with Gasteiger partial charge in [0.15, 0.2) is 5.78 Å². The molecule has 2 heterocycles. The molecule has 162 valence electrons. The van der Waals surface area contributed by atoms with Crippen molar-refractivity contribution < 1.29 is 14.3 Å². The van der Waals surface area contributed by atoms with Crippen LogP contribution in [0.1, 0.15) is 30.0 Å². The van der Waals surface area contributed by atoms with E-state index in [0.29, 0.717) is 18.7 Å². The molecule has 0 bridgehead atoms. The molecule has 1 unspecified atom stereocenters. The third kappa shape index (κ3) is 5.42. The van der Waals surface area contributed by atoms with E-state index in [1.807, 2.05) is 62.4 Å². The van der Waals surface area contributed by atoms with Gasteiger partial charge in [-0.1, -0.05) is 30.0 Å². The lowest BCUT2D eigenvalue weighted by atomic mass is 10.1. The van der Waals surface area contributed by atoms with Crippen molar-refractivity contribution in [2.45, 2.75) is 30.7 Å². The average molecular weight is 438 g/mol. The van der Waals surface area contributed by atoms with Crippen molar-refractivity contribution in [2.75, 3.05) is 32.9 Å². The van der Waals surface area contributed by atoms with Gasteiger partial charge in [0.05, 0.1) is 37.1 Å². The van der Waals surface area contributed by atoms with E-state index in [1.54, 1.807) is 0 Å². The lowest BCUT2D eigenvalue weighted by Gasteiger charge is -2.26. The minimum absolute atomic E-state index is 0.0745. The van der Waals surface area contributed by atoms with Gasteiger partial charge in [-0.05, 0) is 44.2 Å². The molecule has 0 radical (unpaired) electrons. The summed E-state index contributed by atoms with van der Waals surface area (Å²) in [5.41, 5.74) is 1.58. The minimum Gasteiger partial charge on any atom is -0.494 e. The summed E-state index contributed by atoms with van der Waals surface area (Å²) in [6, 6.07) is 15.3. The molecule has 3 aromatic rings. The Bertz CT molecular complexity index is 1040. The van der Waals surface area contributed by atoms with Gasteiger partial charge in [0.2, 0.25) is 0 Å². The minimum atomic E-state index is -0.271. The fourth-order valence-electron chi connectivity index (χ4n) is 3.55. The van der Waals surface area contributed by atoms with Crippen LogP contribution in [-0.2, 0) is 11.3 Å². The average Bonchev–Trinajstić information content (AvgIpc) is 2.80. The van der Waals surface area contributed by atoms with Gasteiger partial charge >= 0.3 is 0 Å². The lowest BCUT2D eigenvalue weighted by Crippen LogP contribution is -2.36. The molecule has 1 aliphatic heterocycles. The third-order valence-electron chi connectivity index (χ3n) is 5.19. The summed E-state index contributed by atoms with van der Waals surface area (Å²) in [6.07, 6.45) is 0. The van der Waals surface area contributed by atoms with Crippen LogP contribution in [0.2, 0.25) is 0 Å². The number of nitrogens with zero attached hydrogens (tertiary/aromatic N) is 3. The molecule has 1 aromatic heterocycles. The molecule has 0 amide bonds. The first-order chi connectivity index (χ1) is 15.1. The smallest absolute Gasteiger partial charge is 0.175 e. The second kappa shape index (κ2) is 10.2. The standard InChI is InChI=1S/C24H27N3O3S/c1-3-30-19-10-8-18(9-11-19)23(28)17(2)31-24-20-6-4-5-7-21(20)25-22(26-24)16-27-12-14-29-15-13-27/h4-11,17H,3,12-16H2,1-2H3. The number of carbonyl (C=O) groups is 1. The number of morpholine rings is 1. The van der Waals surface area contributed by atoms with Crippen molar-refractivity contribution >= 4 is 28.4 Å². The maximum Gasteiger partial charge on any atom is 0.175 e. The van der Waals surface area contributed by atoms with Gasteiger partial charge in [-0.2, -0.15) is 0 Å². The Morgan fingerprint density at radius 2 is 1.87 bits per heavy atom. The number of hydrogen-bond acceptors (Lipinski definition) is 7. The van der Waals surface area contributed by atoms with Crippen molar-refractivity contribution in [3.8, 4) is 5.75 Å². The monoisotopic (exact) mass is 437 g/mol. The van der Waals surface area contributed by atoms with Gasteiger partial charge in [-0.3, -0.25) is 9.69 Å². The zero-order valence-electron chi connectivity index (χ0n) is 17.9. The van der Waals surface area contributed by atoms with Crippen molar-refractivity contribution in [2.24, 2.45) is 0 Å². The third-order valence-corrected chi connectivity index (χ3v) is 6.29. The Kier molecular flexibility index (Phi) is 7.17. The van der Waals surface area contributed by atoms with Crippen LogP contribution in [0.15, 0.2) is 53.6 Å². The number of para-hydroxylation sites is 1. The first kappa shape index (κ1) is 21.7. The van der Waals surface area contributed by atoms with Crippen molar-refractivity contribution in [3.05, 3.63) is 59.9 Å². The van der Waals surface area contributed by atoms with E-state index >= 15 is 0 Å². The predicted octanol–water partition coefficient (Wildman–Crippen LogP) is 4.22. The first-order valence-electron chi connectivity index (χ1n) is 10.6. The molecule has 0 N–H and O–H groups in total. The second-order valence-corrected chi connectivity index (χ2v) is 8.76. The van der Waals surface area contributed by atoms with E-state index in [4.69, 9.17) is 19.4 Å². The molecule has 1 fully saturated rings. The molecular weight excluding hydrogens is 410 g/mol. The Hall–Kier alpha value is -2.48. The normalized spacial score (nSPS) is 15.7. The highest BCUT2D eigenvalue weighted by Gasteiger charge is 2.20. The summed E-state index contributed by atoms with van der Waals surface area (Å²) in [7, 11) is 0. The lowest BCUT2D eigenvalue weighted by molar-refractivity contribution is 0.0330. The molecule has 1 atom stereocenters. The summed E-state index contributed by atoms with van der Waals surface area (Å²) in [6.45, 7) is 8.40. The summed E-state index contributed by atoms with van der Waals surface area (Å²) in [5.74, 6) is 1.63. The molecule has 2 aromatic carbocycles. The van der Waals surface area contributed by atoms with E-state index in [9.17, 15) is 4.79 Å². The number of aromatic nitrogens is 2. The van der Waals surface area contributed by atoms with Crippen LogP contribution in [-0.4, -0.2) is 58.8 Å². The van der Waals surface area contributed by atoms with Gasteiger partial charge in [0.25, 0.3) is 0 Å². The largest absolute Gasteiger partial charge is 0.494 e. The molecule has 4 rings (SSSR count). The van der Waals surface area contributed by atoms with Crippen LogP contribution in [0.4, 0.5) is 0 Å².